The Kier molecular flexibility index (Phi) is 5.16. The number of piperidine rings is 1. The Balaban J connectivity index is 1.72. The summed E-state index contributed by atoms with van der Waals surface area (Å²) in [6, 6.07) is 4.27. The summed E-state index contributed by atoms with van der Waals surface area (Å²) in [7, 11) is 1.78. The average molecular weight is 356 g/mol. The summed E-state index contributed by atoms with van der Waals surface area (Å²) >= 11 is 0. The van der Waals surface area contributed by atoms with Crippen molar-refractivity contribution in [2.75, 3.05) is 18.4 Å². The first-order chi connectivity index (χ1) is 12.5. The number of likely N-dealkylation sites (tertiary alicyclic amines) is 1. The first kappa shape index (κ1) is 17.8. The Hall–Kier alpha value is -2.96. The molecule has 1 N–H and O–H groups in total. The van der Waals surface area contributed by atoms with Crippen molar-refractivity contribution in [2.45, 2.75) is 12.8 Å². The number of halogens is 1. The lowest BCUT2D eigenvalue weighted by atomic mass is 9.95. The van der Waals surface area contributed by atoms with E-state index >= 15 is 0 Å². The number of hydrogen-bond donors (Lipinski definition) is 1. The quantitative estimate of drug-likeness (QED) is 0.857. The number of aryl methyl sites for hydroxylation is 1. The minimum absolute atomic E-state index is 0.110. The largest absolute Gasteiger partial charge is 0.339 e. The van der Waals surface area contributed by atoms with E-state index in [9.17, 15) is 14.0 Å². The van der Waals surface area contributed by atoms with Crippen LogP contribution in [0.2, 0.25) is 0 Å². The summed E-state index contributed by atoms with van der Waals surface area (Å²) in [4.78, 5) is 26.0. The van der Waals surface area contributed by atoms with E-state index < -0.39 is 0 Å². The molecule has 1 saturated heterocycles. The van der Waals surface area contributed by atoms with Crippen LogP contribution in [0.3, 0.4) is 0 Å². The van der Waals surface area contributed by atoms with E-state index in [-0.39, 0.29) is 23.5 Å². The average Bonchev–Trinajstić information content (AvgIpc) is 3.08. The number of carbonyl (C=O) groups excluding carboxylic acids is 2. The van der Waals surface area contributed by atoms with E-state index in [1.165, 1.54) is 18.2 Å². The molecule has 6 nitrogen and oxygen atoms in total. The van der Waals surface area contributed by atoms with Gasteiger partial charge in [-0.1, -0.05) is 6.58 Å². The van der Waals surface area contributed by atoms with Crippen molar-refractivity contribution >= 4 is 17.5 Å². The highest BCUT2D eigenvalue weighted by atomic mass is 19.1. The molecule has 1 aliphatic heterocycles. The molecule has 0 unspecified atom stereocenters. The van der Waals surface area contributed by atoms with Gasteiger partial charge in [0.25, 0.3) is 0 Å². The third-order valence-corrected chi connectivity index (χ3v) is 4.61. The maximum atomic E-state index is 13.7. The fraction of sp³-hybridized carbons (Fsp3) is 0.316. The van der Waals surface area contributed by atoms with Crippen LogP contribution < -0.4 is 5.32 Å². The van der Waals surface area contributed by atoms with Crippen LogP contribution in [-0.4, -0.2) is 39.6 Å². The molecule has 3 rings (SSSR count). The molecule has 1 aliphatic rings. The van der Waals surface area contributed by atoms with E-state index in [4.69, 9.17) is 0 Å². The number of nitrogens with one attached hydrogen (secondary N) is 1. The molecule has 2 aromatic rings. The molecule has 0 atom stereocenters. The molecule has 7 heteroatoms. The van der Waals surface area contributed by atoms with Gasteiger partial charge < -0.3 is 10.2 Å². The zero-order valence-electron chi connectivity index (χ0n) is 14.6. The topological polar surface area (TPSA) is 67.2 Å². The lowest BCUT2D eigenvalue weighted by Crippen LogP contribution is -2.40. The molecule has 0 aliphatic carbocycles. The van der Waals surface area contributed by atoms with Crippen molar-refractivity contribution in [2.24, 2.45) is 13.0 Å². The minimum atomic E-state index is -0.377. The second-order valence-corrected chi connectivity index (χ2v) is 6.39. The fourth-order valence-electron chi connectivity index (χ4n) is 3.15. The van der Waals surface area contributed by atoms with Gasteiger partial charge in [-0.25, -0.2) is 4.39 Å². The number of carbonyl (C=O) groups is 2. The predicted molar refractivity (Wildman–Crippen MR) is 96.7 cm³/mol. The Morgan fingerprint density at radius 1 is 1.35 bits per heavy atom. The monoisotopic (exact) mass is 356 g/mol. The van der Waals surface area contributed by atoms with Crippen molar-refractivity contribution in [1.29, 1.82) is 0 Å². The minimum Gasteiger partial charge on any atom is -0.339 e. The summed E-state index contributed by atoms with van der Waals surface area (Å²) in [5.74, 6) is -0.789. The normalized spacial score (nSPS) is 14.9. The molecule has 2 heterocycles. The zero-order chi connectivity index (χ0) is 18.7. The molecular weight excluding hydrogens is 335 g/mol. The highest BCUT2D eigenvalue weighted by molar-refractivity contribution is 5.97. The van der Waals surface area contributed by atoms with Gasteiger partial charge in [0.15, 0.2) is 0 Å². The van der Waals surface area contributed by atoms with E-state index in [1.807, 2.05) is 0 Å². The molecular formula is C19H21FN4O2. The van der Waals surface area contributed by atoms with Crippen LogP contribution in [0, 0.1) is 11.7 Å². The Morgan fingerprint density at radius 3 is 2.69 bits per heavy atom. The summed E-state index contributed by atoms with van der Waals surface area (Å²) in [6.07, 6.45) is 5.87. The zero-order valence-corrected chi connectivity index (χ0v) is 14.6. The van der Waals surface area contributed by atoms with Crippen LogP contribution >= 0.6 is 0 Å². The lowest BCUT2D eigenvalue weighted by molar-refractivity contribution is -0.130. The van der Waals surface area contributed by atoms with Crippen LogP contribution in [0.5, 0.6) is 0 Å². The second-order valence-electron chi connectivity index (χ2n) is 6.39. The SMILES string of the molecule is C=CC(=O)N1CCC(C(=O)Nc2ccc(F)cc2-c2cnn(C)c2)CC1. The standard InChI is InChI=1S/C19H21FN4O2/c1-3-18(25)24-8-6-13(7-9-24)19(26)22-17-5-4-15(20)10-16(17)14-11-21-23(2)12-14/h3-5,10-13H,1,6-9H2,2H3,(H,22,26). The molecule has 1 fully saturated rings. The number of aromatic nitrogens is 2. The molecule has 1 aromatic heterocycles. The molecule has 0 spiro atoms. The molecule has 2 amide bonds. The maximum absolute atomic E-state index is 13.7. The molecule has 0 bridgehead atoms. The number of hydrogen-bond acceptors (Lipinski definition) is 3. The third-order valence-electron chi connectivity index (χ3n) is 4.61. The van der Waals surface area contributed by atoms with Gasteiger partial charge in [-0.05, 0) is 37.1 Å². The van der Waals surface area contributed by atoms with Gasteiger partial charge in [0.05, 0.1) is 6.20 Å². The van der Waals surface area contributed by atoms with E-state index in [0.717, 1.165) is 5.56 Å². The Morgan fingerprint density at radius 2 is 2.08 bits per heavy atom. The van der Waals surface area contributed by atoms with Crippen LogP contribution in [0.4, 0.5) is 10.1 Å². The van der Waals surface area contributed by atoms with Crippen LogP contribution in [0.25, 0.3) is 11.1 Å². The third kappa shape index (κ3) is 3.82. The number of anilines is 1. The van der Waals surface area contributed by atoms with Crippen molar-refractivity contribution in [3.8, 4) is 11.1 Å². The smallest absolute Gasteiger partial charge is 0.245 e. The van der Waals surface area contributed by atoms with Gasteiger partial charge >= 0.3 is 0 Å². The van der Waals surface area contributed by atoms with Gasteiger partial charge in [0.2, 0.25) is 11.8 Å². The van der Waals surface area contributed by atoms with Crippen molar-refractivity contribution in [3.05, 3.63) is 49.1 Å². The van der Waals surface area contributed by atoms with Crippen molar-refractivity contribution in [1.82, 2.24) is 14.7 Å². The van der Waals surface area contributed by atoms with Crippen LogP contribution in [0.1, 0.15) is 12.8 Å². The van der Waals surface area contributed by atoms with Crippen molar-refractivity contribution in [3.63, 3.8) is 0 Å². The van der Waals surface area contributed by atoms with Gasteiger partial charge in [0, 0.05) is 49.1 Å². The lowest BCUT2D eigenvalue weighted by Gasteiger charge is -2.30. The first-order valence-electron chi connectivity index (χ1n) is 8.48. The van der Waals surface area contributed by atoms with Gasteiger partial charge in [-0.15, -0.1) is 0 Å². The molecule has 136 valence electrons. The number of benzene rings is 1. The molecule has 1 aromatic carbocycles. The van der Waals surface area contributed by atoms with Crippen molar-refractivity contribution < 1.29 is 14.0 Å². The highest BCUT2D eigenvalue weighted by Crippen LogP contribution is 2.29. The summed E-state index contributed by atoms with van der Waals surface area (Å²) < 4.78 is 15.3. The Bertz CT molecular complexity index is 838. The van der Waals surface area contributed by atoms with Gasteiger partial charge in [0.1, 0.15) is 5.82 Å². The number of amides is 2. The van der Waals surface area contributed by atoms with E-state index in [1.54, 1.807) is 35.1 Å². The number of rotatable bonds is 4. The second kappa shape index (κ2) is 7.51. The summed E-state index contributed by atoms with van der Waals surface area (Å²) in [5.41, 5.74) is 1.87. The highest BCUT2D eigenvalue weighted by Gasteiger charge is 2.27. The maximum Gasteiger partial charge on any atom is 0.245 e. The first-order valence-corrected chi connectivity index (χ1v) is 8.48. The summed E-state index contributed by atoms with van der Waals surface area (Å²) in [5, 5.41) is 7.01. The van der Waals surface area contributed by atoms with Crippen LogP contribution in [0.15, 0.2) is 43.2 Å². The Labute approximate surface area is 151 Å². The number of nitrogens with zero attached hydrogens (tertiary/aromatic N) is 3. The van der Waals surface area contributed by atoms with E-state index in [0.29, 0.717) is 37.2 Å². The fourth-order valence-corrected chi connectivity index (χ4v) is 3.15. The van der Waals surface area contributed by atoms with E-state index in [2.05, 4.69) is 17.0 Å². The molecule has 26 heavy (non-hydrogen) atoms. The van der Waals surface area contributed by atoms with Gasteiger partial charge in [-0.3, -0.25) is 14.3 Å². The van der Waals surface area contributed by atoms with Gasteiger partial charge in [-0.2, -0.15) is 5.10 Å². The summed E-state index contributed by atoms with van der Waals surface area (Å²) in [6.45, 7) is 4.54. The van der Waals surface area contributed by atoms with Crippen LogP contribution in [-0.2, 0) is 16.6 Å². The molecule has 0 saturated carbocycles. The predicted octanol–water partition coefficient (Wildman–Crippen LogP) is 2.59. The molecule has 0 radical (unpaired) electrons.